The predicted octanol–water partition coefficient (Wildman–Crippen LogP) is 3.89. The van der Waals surface area contributed by atoms with E-state index in [1.165, 1.54) is 30.5 Å². The highest BCUT2D eigenvalue weighted by Gasteiger charge is 2.33. The normalized spacial score (nSPS) is 27.2. The largest absolute Gasteiger partial charge is 0.326 e. The quantitative estimate of drug-likeness (QED) is 0.902. The third-order valence-electron chi connectivity index (χ3n) is 5.08. The first-order valence-electron chi connectivity index (χ1n) is 8.12. The Morgan fingerprint density at radius 2 is 1.90 bits per heavy atom. The molecule has 1 aromatic carbocycles. The van der Waals surface area contributed by atoms with E-state index >= 15 is 0 Å². The van der Waals surface area contributed by atoms with Crippen molar-refractivity contribution in [2.24, 2.45) is 11.7 Å². The zero-order valence-corrected chi connectivity index (χ0v) is 13.5. The fourth-order valence-corrected chi connectivity index (χ4v) is 3.43. The molecule has 2 N–H and O–H groups in total. The number of likely N-dealkylation sites (tertiary alicyclic amines) is 1. The van der Waals surface area contributed by atoms with Crippen molar-refractivity contribution in [1.82, 2.24) is 4.90 Å². The van der Waals surface area contributed by atoms with Crippen molar-refractivity contribution in [3.05, 3.63) is 35.4 Å². The summed E-state index contributed by atoms with van der Waals surface area (Å²) in [5.41, 5.74) is 9.18. The SMILES string of the molecule is CCC(N)C(c1ccc(C)cc1)N1CCCC(C)C1C. The van der Waals surface area contributed by atoms with Crippen molar-refractivity contribution in [3.8, 4) is 0 Å². The van der Waals surface area contributed by atoms with Gasteiger partial charge in [-0.1, -0.05) is 43.7 Å². The molecule has 0 amide bonds. The summed E-state index contributed by atoms with van der Waals surface area (Å²) in [6.45, 7) is 10.3. The Bertz CT molecular complexity index is 412. The molecular formula is C18H30N2. The molecule has 2 heteroatoms. The maximum atomic E-state index is 6.48. The van der Waals surface area contributed by atoms with Gasteiger partial charge in [0, 0.05) is 12.1 Å². The fourth-order valence-electron chi connectivity index (χ4n) is 3.43. The molecule has 0 spiro atoms. The highest BCUT2D eigenvalue weighted by Crippen LogP contribution is 2.33. The van der Waals surface area contributed by atoms with Crippen molar-refractivity contribution >= 4 is 0 Å². The standard InChI is InChI=1S/C18H30N2/c1-5-17(19)18(16-10-8-13(2)9-11-16)20-12-6-7-14(3)15(20)4/h8-11,14-15,17-18H,5-7,12,19H2,1-4H3. The number of hydrogen-bond acceptors (Lipinski definition) is 2. The molecule has 1 heterocycles. The molecular weight excluding hydrogens is 244 g/mol. The van der Waals surface area contributed by atoms with Crippen molar-refractivity contribution in [3.63, 3.8) is 0 Å². The van der Waals surface area contributed by atoms with Gasteiger partial charge in [0.05, 0.1) is 6.04 Å². The van der Waals surface area contributed by atoms with Gasteiger partial charge in [0.1, 0.15) is 0 Å². The number of nitrogens with zero attached hydrogens (tertiary/aromatic N) is 1. The van der Waals surface area contributed by atoms with Gasteiger partial charge in [0.2, 0.25) is 0 Å². The van der Waals surface area contributed by atoms with Crippen molar-refractivity contribution < 1.29 is 0 Å². The van der Waals surface area contributed by atoms with Crippen LogP contribution in [0.1, 0.15) is 57.2 Å². The number of piperidine rings is 1. The van der Waals surface area contributed by atoms with Gasteiger partial charge in [-0.3, -0.25) is 4.90 Å². The molecule has 4 atom stereocenters. The molecule has 1 aliphatic heterocycles. The third-order valence-corrected chi connectivity index (χ3v) is 5.08. The van der Waals surface area contributed by atoms with Crippen molar-refractivity contribution in [2.75, 3.05) is 6.54 Å². The van der Waals surface area contributed by atoms with Gasteiger partial charge in [0.15, 0.2) is 0 Å². The second-order valence-electron chi connectivity index (χ2n) is 6.53. The van der Waals surface area contributed by atoms with E-state index < -0.39 is 0 Å². The van der Waals surface area contributed by atoms with E-state index in [0.29, 0.717) is 12.1 Å². The van der Waals surface area contributed by atoms with Gasteiger partial charge >= 0.3 is 0 Å². The number of benzene rings is 1. The Balaban J connectivity index is 2.29. The molecule has 1 fully saturated rings. The minimum Gasteiger partial charge on any atom is -0.326 e. The second-order valence-corrected chi connectivity index (χ2v) is 6.53. The zero-order chi connectivity index (χ0) is 14.7. The third kappa shape index (κ3) is 3.24. The maximum Gasteiger partial charge on any atom is 0.0501 e. The molecule has 0 radical (unpaired) electrons. The number of aryl methyl sites for hydroxylation is 1. The van der Waals surface area contributed by atoms with Crippen LogP contribution < -0.4 is 5.73 Å². The summed E-state index contributed by atoms with van der Waals surface area (Å²) in [6, 6.07) is 10.1. The van der Waals surface area contributed by atoms with Crippen molar-refractivity contribution in [2.45, 2.75) is 65.1 Å². The molecule has 1 aliphatic rings. The first-order chi connectivity index (χ1) is 9.54. The molecule has 0 aromatic heterocycles. The van der Waals surface area contributed by atoms with Crippen LogP contribution in [0.4, 0.5) is 0 Å². The fraction of sp³-hybridized carbons (Fsp3) is 0.667. The highest BCUT2D eigenvalue weighted by molar-refractivity contribution is 5.25. The van der Waals surface area contributed by atoms with Crippen LogP contribution in [0.2, 0.25) is 0 Å². The Labute approximate surface area is 124 Å². The maximum absolute atomic E-state index is 6.48. The molecule has 20 heavy (non-hydrogen) atoms. The van der Waals surface area contributed by atoms with E-state index in [4.69, 9.17) is 5.73 Å². The smallest absolute Gasteiger partial charge is 0.0501 e. The second kappa shape index (κ2) is 6.73. The Kier molecular flexibility index (Phi) is 5.22. The molecule has 0 saturated carbocycles. The lowest BCUT2D eigenvalue weighted by molar-refractivity contribution is 0.0546. The molecule has 0 aliphatic carbocycles. The summed E-state index contributed by atoms with van der Waals surface area (Å²) < 4.78 is 0. The van der Waals surface area contributed by atoms with E-state index in [2.05, 4.69) is 56.9 Å². The average molecular weight is 274 g/mol. The van der Waals surface area contributed by atoms with E-state index in [0.717, 1.165) is 12.3 Å². The van der Waals surface area contributed by atoms with Gasteiger partial charge in [0.25, 0.3) is 0 Å². The Hall–Kier alpha value is -0.860. The van der Waals surface area contributed by atoms with E-state index in [9.17, 15) is 0 Å². The monoisotopic (exact) mass is 274 g/mol. The van der Waals surface area contributed by atoms with Crippen LogP contribution in [0, 0.1) is 12.8 Å². The Morgan fingerprint density at radius 3 is 2.50 bits per heavy atom. The summed E-state index contributed by atoms with van der Waals surface area (Å²) in [7, 11) is 0. The topological polar surface area (TPSA) is 29.3 Å². The minimum atomic E-state index is 0.213. The van der Waals surface area contributed by atoms with E-state index in [1.807, 2.05) is 0 Å². The molecule has 0 bridgehead atoms. The lowest BCUT2D eigenvalue weighted by Gasteiger charge is -2.45. The molecule has 1 aromatic rings. The molecule has 2 nitrogen and oxygen atoms in total. The molecule has 112 valence electrons. The average Bonchev–Trinajstić information content (AvgIpc) is 2.45. The van der Waals surface area contributed by atoms with Crippen LogP contribution in [0.3, 0.4) is 0 Å². The first kappa shape index (κ1) is 15.5. The van der Waals surface area contributed by atoms with Crippen molar-refractivity contribution in [1.29, 1.82) is 0 Å². The predicted molar refractivity (Wildman–Crippen MR) is 86.8 cm³/mol. The van der Waals surface area contributed by atoms with Gasteiger partial charge in [-0.25, -0.2) is 0 Å². The van der Waals surface area contributed by atoms with Gasteiger partial charge in [-0.2, -0.15) is 0 Å². The summed E-state index contributed by atoms with van der Waals surface area (Å²) in [5, 5.41) is 0. The summed E-state index contributed by atoms with van der Waals surface area (Å²) in [6.07, 6.45) is 3.67. The van der Waals surface area contributed by atoms with Crippen LogP contribution in [-0.4, -0.2) is 23.5 Å². The first-order valence-corrected chi connectivity index (χ1v) is 8.12. The zero-order valence-electron chi connectivity index (χ0n) is 13.5. The van der Waals surface area contributed by atoms with Crippen LogP contribution in [-0.2, 0) is 0 Å². The molecule has 2 rings (SSSR count). The highest BCUT2D eigenvalue weighted by atomic mass is 15.2. The minimum absolute atomic E-state index is 0.213. The van der Waals surface area contributed by atoms with Gasteiger partial charge < -0.3 is 5.73 Å². The summed E-state index contributed by atoms with van der Waals surface area (Å²) >= 11 is 0. The lowest BCUT2D eigenvalue weighted by Crippen LogP contribution is -2.49. The summed E-state index contributed by atoms with van der Waals surface area (Å²) in [4.78, 5) is 2.65. The van der Waals surface area contributed by atoms with Gasteiger partial charge in [-0.05, 0) is 51.1 Å². The number of hydrogen-bond donors (Lipinski definition) is 1. The van der Waals surface area contributed by atoms with Gasteiger partial charge in [-0.15, -0.1) is 0 Å². The van der Waals surface area contributed by atoms with Crippen LogP contribution in [0.15, 0.2) is 24.3 Å². The van der Waals surface area contributed by atoms with Crippen LogP contribution in [0.5, 0.6) is 0 Å². The van der Waals surface area contributed by atoms with Crippen LogP contribution >= 0.6 is 0 Å². The molecule has 4 unspecified atom stereocenters. The number of rotatable bonds is 4. The lowest BCUT2D eigenvalue weighted by atomic mass is 9.86. The summed E-state index contributed by atoms with van der Waals surface area (Å²) in [5.74, 6) is 0.765. The van der Waals surface area contributed by atoms with E-state index in [-0.39, 0.29) is 6.04 Å². The Morgan fingerprint density at radius 1 is 1.25 bits per heavy atom. The molecule has 1 saturated heterocycles. The van der Waals surface area contributed by atoms with Crippen LogP contribution in [0.25, 0.3) is 0 Å². The van der Waals surface area contributed by atoms with E-state index in [1.54, 1.807) is 0 Å². The number of nitrogens with two attached hydrogens (primary N) is 1.